The third-order valence-electron chi connectivity index (χ3n) is 12.4. The molecule has 4 aromatic carbocycles. The number of hydrogen-bond donors (Lipinski definition) is 5. The summed E-state index contributed by atoms with van der Waals surface area (Å²) in [5, 5.41) is 17.3. The monoisotopic (exact) mass is 1070 g/mol. The van der Waals surface area contributed by atoms with Crippen molar-refractivity contribution in [3.8, 4) is 0 Å². The number of ether oxygens (including phenoxy) is 3. The van der Waals surface area contributed by atoms with Crippen molar-refractivity contribution in [1.29, 1.82) is 0 Å². The predicted octanol–water partition coefficient (Wildman–Crippen LogP) is 7.73. The SMILES string of the molecule is Cc1ccc(S(=O)(=O)OC2CC(NC(=O)OCc3ccccc3)C2)cc1.O=C(NC1CC(O)C1)OCc1ccccc1.O=C(NC1CC(n2c(=O)oc3cccnc32)C1)OCc1ccccc1.O=c1[nH]c2ncccc2o1. The van der Waals surface area contributed by atoms with E-state index in [2.05, 4.69) is 30.9 Å². The average molecular weight is 1070 g/mol. The van der Waals surface area contributed by atoms with Crippen LogP contribution >= 0.6 is 0 Å². The minimum Gasteiger partial charge on any atom is -0.445 e. The molecular weight excluding hydrogens is 1010 g/mol. The van der Waals surface area contributed by atoms with E-state index in [0.29, 0.717) is 61.0 Å². The molecule has 4 heterocycles. The topological polar surface area (TPSA) is 286 Å². The fourth-order valence-corrected chi connectivity index (χ4v) is 9.20. The number of aryl methyl sites for hydroxylation is 1. The maximum atomic E-state index is 12.2. The van der Waals surface area contributed by atoms with Crippen LogP contribution in [0, 0.1) is 6.92 Å². The van der Waals surface area contributed by atoms with Crippen molar-refractivity contribution in [2.24, 2.45) is 0 Å². The van der Waals surface area contributed by atoms with Gasteiger partial charge in [0.2, 0.25) is 0 Å². The van der Waals surface area contributed by atoms with Crippen LogP contribution in [0.25, 0.3) is 22.5 Å². The lowest BCUT2D eigenvalue weighted by molar-refractivity contribution is 0.0567. The second kappa shape index (κ2) is 26.2. The first kappa shape index (κ1) is 54.7. The summed E-state index contributed by atoms with van der Waals surface area (Å²) in [6, 6.07) is 41.6. The molecule has 0 bridgehead atoms. The molecule has 0 radical (unpaired) electrons. The standard InChI is InChI=1S/C19H21NO5S.C18H17N3O4.C12H15NO3.C6H4N2O2/c1-14-7-9-18(10-8-14)26(22,23)25-17-11-16(12-17)20-19(21)24-13-15-5-3-2-4-6-15;22-17(24-11-12-5-2-1-3-6-12)20-13-9-14(10-13)21-16-15(25-18(21)23)7-4-8-19-16;14-11-6-10(7-11)13-12(15)16-8-9-4-2-1-3-5-9;9-6-8-5-4(10-6)2-1-3-7-5/h2-10,16-17H,11-13H2,1H3,(H,20,21);1-8,13-14H,9-11H2,(H,20,22);1-5,10-11,14H,6-8H2,(H,13,15);1-3H,(H,7,8,9). The predicted molar refractivity (Wildman–Crippen MR) is 280 cm³/mol. The minimum absolute atomic E-state index is 0.0196. The number of amides is 3. The highest BCUT2D eigenvalue weighted by Crippen LogP contribution is 2.33. The van der Waals surface area contributed by atoms with Gasteiger partial charge in [0.25, 0.3) is 10.1 Å². The molecule has 21 nitrogen and oxygen atoms in total. The number of nitrogens with zero attached hydrogens (tertiary/aromatic N) is 3. The molecule has 3 fully saturated rings. The number of alkyl carbamates (subject to hydrolysis) is 3. The molecule has 3 aliphatic rings. The number of oxazole rings is 2. The highest BCUT2D eigenvalue weighted by atomic mass is 32.2. The van der Waals surface area contributed by atoms with Gasteiger partial charge in [-0.15, -0.1) is 0 Å². The maximum absolute atomic E-state index is 12.2. The van der Waals surface area contributed by atoms with E-state index < -0.39 is 46.0 Å². The van der Waals surface area contributed by atoms with Gasteiger partial charge in [0.1, 0.15) is 19.8 Å². The number of aliphatic hydroxyl groups is 1. The summed E-state index contributed by atoms with van der Waals surface area (Å²) < 4.78 is 56.5. The number of nitrogens with one attached hydrogen (secondary N) is 4. The number of aromatic nitrogens is 4. The van der Waals surface area contributed by atoms with Crippen LogP contribution in [0.4, 0.5) is 14.4 Å². The van der Waals surface area contributed by atoms with Crippen molar-refractivity contribution in [3.05, 3.63) is 195 Å². The van der Waals surface area contributed by atoms with Crippen molar-refractivity contribution < 1.29 is 55.1 Å². The van der Waals surface area contributed by atoms with Crippen molar-refractivity contribution in [2.75, 3.05) is 0 Å². The molecule has 402 valence electrons. The number of aliphatic hydroxyl groups excluding tert-OH is 1. The number of hydrogen-bond acceptors (Lipinski definition) is 16. The fourth-order valence-electron chi connectivity index (χ4n) is 8.10. The van der Waals surface area contributed by atoms with E-state index in [0.717, 1.165) is 22.3 Å². The van der Waals surface area contributed by atoms with E-state index in [-0.39, 0.29) is 55.0 Å². The molecule has 77 heavy (non-hydrogen) atoms. The Morgan fingerprint density at radius 3 is 1.57 bits per heavy atom. The number of rotatable bonds is 13. The quantitative estimate of drug-likeness (QED) is 0.0545. The summed E-state index contributed by atoms with van der Waals surface area (Å²) in [4.78, 5) is 68.1. The second-order valence-electron chi connectivity index (χ2n) is 18.3. The smallest absolute Gasteiger partial charge is 0.421 e. The molecule has 0 saturated heterocycles. The Morgan fingerprint density at radius 2 is 1.08 bits per heavy atom. The molecule has 22 heteroatoms. The summed E-state index contributed by atoms with van der Waals surface area (Å²) >= 11 is 0. The summed E-state index contributed by atoms with van der Waals surface area (Å²) in [6.45, 7) is 2.60. The first-order valence-corrected chi connectivity index (χ1v) is 26.1. The van der Waals surface area contributed by atoms with Crippen LogP contribution in [0.3, 0.4) is 0 Å². The maximum Gasteiger partial charge on any atom is 0.421 e. The van der Waals surface area contributed by atoms with Crippen LogP contribution in [0.2, 0.25) is 0 Å². The van der Waals surface area contributed by atoms with Crippen LogP contribution in [0.5, 0.6) is 0 Å². The van der Waals surface area contributed by atoms with Gasteiger partial charge >= 0.3 is 29.8 Å². The van der Waals surface area contributed by atoms with Crippen LogP contribution in [-0.4, -0.2) is 81.7 Å². The van der Waals surface area contributed by atoms with Gasteiger partial charge in [-0.3, -0.25) is 13.7 Å². The van der Waals surface area contributed by atoms with Crippen molar-refractivity contribution in [2.45, 2.75) is 107 Å². The van der Waals surface area contributed by atoms with E-state index in [1.807, 2.05) is 97.9 Å². The number of benzene rings is 4. The summed E-state index contributed by atoms with van der Waals surface area (Å²) in [7, 11) is -3.78. The molecule has 3 saturated carbocycles. The van der Waals surface area contributed by atoms with E-state index in [1.165, 1.54) is 12.1 Å². The zero-order valence-electron chi connectivity index (χ0n) is 41.8. The first-order valence-electron chi connectivity index (χ1n) is 24.7. The molecule has 0 spiro atoms. The van der Waals surface area contributed by atoms with Crippen molar-refractivity contribution in [3.63, 3.8) is 0 Å². The fraction of sp³-hybridized carbons (Fsp3) is 0.291. The minimum atomic E-state index is -3.78. The number of H-pyrrole nitrogens is 1. The molecule has 3 aliphatic carbocycles. The highest BCUT2D eigenvalue weighted by molar-refractivity contribution is 7.86. The molecule has 8 aromatic rings. The van der Waals surface area contributed by atoms with Crippen molar-refractivity contribution >= 4 is 50.9 Å². The Morgan fingerprint density at radius 1 is 0.610 bits per heavy atom. The summed E-state index contributed by atoms with van der Waals surface area (Å²) in [5.41, 5.74) is 5.79. The molecular formula is C55H57N7O14S. The van der Waals surface area contributed by atoms with E-state index in [4.69, 9.17) is 32.3 Å². The Hall–Kier alpha value is -8.60. The molecule has 0 unspecified atom stereocenters. The highest BCUT2D eigenvalue weighted by Gasteiger charge is 2.36. The number of carbonyl (C=O) groups is 3. The molecule has 0 atom stereocenters. The zero-order chi connectivity index (χ0) is 54.2. The van der Waals surface area contributed by atoms with E-state index in [9.17, 15) is 32.4 Å². The Kier molecular flexibility index (Phi) is 18.6. The third-order valence-corrected chi connectivity index (χ3v) is 13.8. The number of fused-ring (bicyclic) bond motifs is 2. The van der Waals surface area contributed by atoms with Gasteiger partial charge < -0.3 is 44.1 Å². The van der Waals surface area contributed by atoms with Crippen molar-refractivity contribution in [1.82, 2.24) is 35.5 Å². The lowest BCUT2D eigenvalue weighted by atomic mass is 9.86. The number of aromatic amines is 1. The first-order chi connectivity index (χ1) is 37.2. The van der Waals surface area contributed by atoms with Gasteiger partial charge in [0, 0.05) is 36.6 Å². The number of pyridine rings is 2. The third kappa shape index (κ3) is 16.2. The van der Waals surface area contributed by atoms with Gasteiger partial charge in [-0.1, -0.05) is 109 Å². The van der Waals surface area contributed by atoms with Gasteiger partial charge in [-0.05, 0) is 98.5 Å². The van der Waals surface area contributed by atoms with E-state index in [1.54, 1.807) is 53.4 Å². The average Bonchev–Trinajstić information content (AvgIpc) is 4.02. The molecule has 11 rings (SSSR count). The van der Waals surface area contributed by atoms with Gasteiger partial charge in [0.15, 0.2) is 22.5 Å². The normalized spacial score (nSPS) is 19.0. The number of carbonyl (C=O) groups excluding carboxylic acids is 3. The van der Waals surface area contributed by atoms with Crippen LogP contribution < -0.4 is 27.5 Å². The Balaban J connectivity index is 0.000000143. The van der Waals surface area contributed by atoms with Gasteiger partial charge in [-0.25, -0.2) is 33.9 Å². The van der Waals surface area contributed by atoms with Crippen LogP contribution in [0.1, 0.15) is 66.8 Å². The van der Waals surface area contributed by atoms with Gasteiger partial charge in [0.05, 0.1) is 17.1 Å². The van der Waals surface area contributed by atoms with Crippen LogP contribution in [0.15, 0.2) is 175 Å². The lowest BCUT2D eigenvalue weighted by Crippen LogP contribution is -2.48. The lowest BCUT2D eigenvalue weighted by Gasteiger charge is -2.35. The van der Waals surface area contributed by atoms with Gasteiger partial charge in [-0.2, -0.15) is 8.42 Å². The van der Waals surface area contributed by atoms with Crippen LogP contribution in [-0.2, 0) is 48.3 Å². The molecule has 3 amide bonds. The molecule has 5 N–H and O–H groups in total. The van der Waals surface area contributed by atoms with E-state index >= 15 is 0 Å². The Labute approximate surface area is 441 Å². The molecule has 4 aromatic heterocycles. The summed E-state index contributed by atoms with van der Waals surface area (Å²) in [5.74, 6) is -0.877. The largest absolute Gasteiger partial charge is 0.445 e. The second-order valence-corrected chi connectivity index (χ2v) is 19.9. The Bertz CT molecular complexity index is 3370. The molecule has 0 aliphatic heterocycles. The summed E-state index contributed by atoms with van der Waals surface area (Å²) in [6.07, 6.45) is 4.56. The zero-order valence-corrected chi connectivity index (χ0v) is 42.6.